The van der Waals surface area contributed by atoms with Gasteiger partial charge in [-0.3, -0.25) is 0 Å². The number of nitrogens with zero attached hydrogens (tertiary/aromatic N) is 1. The van der Waals surface area contributed by atoms with Gasteiger partial charge in [0.15, 0.2) is 0 Å². The molecule has 44 heavy (non-hydrogen) atoms. The summed E-state index contributed by atoms with van der Waals surface area (Å²) in [4.78, 5) is 2.66. The zero-order valence-electron chi connectivity index (χ0n) is 25.3. The molecule has 3 unspecified atom stereocenters. The molecule has 2 aliphatic rings. The fourth-order valence-corrected chi connectivity index (χ4v) is 8.81. The molecule has 0 spiro atoms. The van der Waals surface area contributed by atoms with Gasteiger partial charge in [-0.15, -0.1) is 0 Å². The highest BCUT2D eigenvalue weighted by Gasteiger charge is 2.55. The van der Waals surface area contributed by atoms with Crippen molar-refractivity contribution in [1.29, 1.82) is 0 Å². The van der Waals surface area contributed by atoms with Crippen molar-refractivity contribution < 1.29 is 0 Å². The zero-order chi connectivity index (χ0) is 29.4. The van der Waals surface area contributed by atoms with Gasteiger partial charge in [-0.05, 0) is 110 Å². The molecule has 1 heteroatoms. The minimum Gasteiger partial charge on any atom is -0.334 e. The van der Waals surface area contributed by atoms with Gasteiger partial charge in [0.2, 0.25) is 0 Å². The fraction of sp³-hybridized carbons (Fsp3) is 0.163. The number of rotatable bonds is 3. The Balaban J connectivity index is 1.32. The van der Waals surface area contributed by atoms with Crippen molar-refractivity contribution in [3.63, 3.8) is 0 Å². The Labute approximate surface area is 259 Å². The van der Waals surface area contributed by atoms with Crippen molar-refractivity contribution >= 4 is 43.7 Å². The molecule has 0 amide bonds. The minimum absolute atomic E-state index is 0.0741. The Morgan fingerprint density at radius 2 is 1.16 bits per heavy atom. The highest BCUT2D eigenvalue weighted by molar-refractivity contribution is 6.23. The first-order valence-electron chi connectivity index (χ1n) is 16.1. The van der Waals surface area contributed by atoms with Crippen molar-refractivity contribution in [2.75, 3.05) is 4.90 Å². The summed E-state index contributed by atoms with van der Waals surface area (Å²) >= 11 is 0. The van der Waals surface area contributed by atoms with Crippen LogP contribution in [0.4, 0.5) is 11.4 Å². The van der Waals surface area contributed by atoms with E-state index in [1.54, 1.807) is 0 Å². The predicted octanol–water partition coefficient (Wildman–Crippen LogP) is 11.9. The van der Waals surface area contributed by atoms with Crippen LogP contribution in [-0.2, 0) is 0 Å². The SMILES string of the molecule is CC1CCC2c3cc(-c4c5ccccc5c(-c5cccc6ccccc56)c5ccccc45)ccc3N(c3ccccc3)C12C. The van der Waals surface area contributed by atoms with Crippen LogP contribution in [0.25, 0.3) is 54.6 Å². The van der Waals surface area contributed by atoms with Gasteiger partial charge < -0.3 is 4.90 Å². The molecule has 212 valence electrons. The maximum Gasteiger partial charge on any atom is 0.0518 e. The molecule has 7 aromatic rings. The van der Waals surface area contributed by atoms with Crippen LogP contribution in [0.2, 0.25) is 0 Å². The lowest BCUT2D eigenvalue weighted by atomic mass is 9.81. The number of anilines is 2. The van der Waals surface area contributed by atoms with E-state index in [0.717, 1.165) is 0 Å². The Bertz CT molecular complexity index is 2170. The molecule has 0 bridgehead atoms. The summed E-state index contributed by atoms with van der Waals surface area (Å²) in [6.45, 7) is 4.96. The van der Waals surface area contributed by atoms with Crippen LogP contribution in [-0.4, -0.2) is 5.54 Å². The molecule has 0 saturated heterocycles. The van der Waals surface area contributed by atoms with E-state index in [0.29, 0.717) is 11.8 Å². The van der Waals surface area contributed by atoms with Crippen LogP contribution in [0.5, 0.6) is 0 Å². The van der Waals surface area contributed by atoms with Gasteiger partial charge in [0.05, 0.1) is 5.54 Å². The number of benzene rings is 7. The van der Waals surface area contributed by atoms with Crippen LogP contribution in [0.3, 0.4) is 0 Å². The number of para-hydroxylation sites is 1. The average Bonchev–Trinajstić information content (AvgIpc) is 3.51. The lowest BCUT2D eigenvalue weighted by Gasteiger charge is -2.41. The van der Waals surface area contributed by atoms with Crippen LogP contribution in [0.1, 0.15) is 38.2 Å². The van der Waals surface area contributed by atoms with Crippen molar-refractivity contribution in [1.82, 2.24) is 0 Å². The van der Waals surface area contributed by atoms with Crippen molar-refractivity contribution in [3.8, 4) is 22.3 Å². The number of fused-ring (bicyclic) bond motifs is 6. The molecule has 9 rings (SSSR count). The van der Waals surface area contributed by atoms with Gasteiger partial charge in [-0.25, -0.2) is 0 Å². The molecule has 0 aromatic heterocycles. The lowest BCUT2D eigenvalue weighted by Crippen LogP contribution is -2.45. The molecular weight excluding hydrogens is 530 g/mol. The van der Waals surface area contributed by atoms with E-state index in [-0.39, 0.29) is 5.54 Å². The van der Waals surface area contributed by atoms with E-state index >= 15 is 0 Å². The van der Waals surface area contributed by atoms with E-state index in [4.69, 9.17) is 0 Å². The van der Waals surface area contributed by atoms with E-state index in [1.165, 1.54) is 84.4 Å². The number of hydrogen-bond acceptors (Lipinski definition) is 1. The van der Waals surface area contributed by atoms with Crippen molar-refractivity contribution in [2.24, 2.45) is 5.92 Å². The fourth-order valence-electron chi connectivity index (χ4n) is 8.81. The maximum atomic E-state index is 2.66. The number of hydrogen-bond donors (Lipinski definition) is 0. The summed E-state index contributed by atoms with van der Waals surface area (Å²) < 4.78 is 0. The third kappa shape index (κ3) is 3.47. The Hall–Kier alpha value is -4.88. The van der Waals surface area contributed by atoms with Gasteiger partial charge in [-0.2, -0.15) is 0 Å². The topological polar surface area (TPSA) is 3.24 Å². The lowest BCUT2D eigenvalue weighted by molar-refractivity contribution is 0.355. The third-order valence-corrected chi connectivity index (χ3v) is 11.0. The summed E-state index contributed by atoms with van der Waals surface area (Å²) in [5.74, 6) is 1.13. The van der Waals surface area contributed by atoms with E-state index in [1.807, 2.05) is 0 Å². The summed E-state index contributed by atoms with van der Waals surface area (Å²) in [6.07, 6.45) is 2.50. The Kier molecular flexibility index (Phi) is 5.56. The van der Waals surface area contributed by atoms with Gasteiger partial charge in [-0.1, -0.05) is 122 Å². The smallest absolute Gasteiger partial charge is 0.0518 e. The molecule has 0 N–H and O–H groups in total. The molecule has 1 aliphatic heterocycles. The minimum atomic E-state index is 0.0741. The Morgan fingerprint density at radius 3 is 1.86 bits per heavy atom. The molecule has 3 atom stereocenters. The first kappa shape index (κ1) is 25.6. The first-order chi connectivity index (χ1) is 21.6. The Morgan fingerprint density at radius 1 is 0.568 bits per heavy atom. The monoisotopic (exact) mass is 565 g/mol. The van der Waals surface area contributed by atoms with Crippen LogP contribution < -0.4 is 4.90 Å². The molecular formula is C43H35N. The molecule has 1 aliphatic carbocycles. The molecule has 0 radical (unpaired) electrons. The summed E-state index contributed by atoms with van der Waals surface area (Å²) in [5.41, 5.74) is 9.53. The van der Waals surface area contributed by atoms with Gasteiger partial charge in [0.25, 0.3) is 0 Å². The van der Waals surface area contributed by atoms with E-state index in [2.05, 4.69) is 158 Å². The standard InChI is InChI=1S/C43H35N/c1-28-23-25-39-38-27-30(24-26-40(38)44(43(28,39)2)31-15-4-3-5-16-31)41-34-18-8-10-20-36(34)42(37-21-11-9-19-35(37)41)33-22-12-14-29-13-6-7-17-32(29)33/h3-22,24,26-28,39H,23,25H2,1-2H3. The van der Waals surface area contributed by atoms with Gasteiger partial charge in [0, 0.05) is 17.3 Å². The second-order valence-corrected chi connectivity index (χ2v) is 13.1. The highest BCUT2D eigenvalue weighted by Crippen LogP contribution is 2.61. The van der Waals surface area contributed by atoms with Crippen molar-refractivity contribution in [2.45, 2.75) is 38.1 Å². The van der Waals surface area contributed by atoms with E-state index in [9.17, 15) is 0 Å². The van der Waals surface area contributed by atoms with Gasteiger partial charge >= 0.3 is 0 Å². The normalized spacial score (nSPS) is 20.8. The third-order valence-electron chi connectivity index (χ3n) is 11.0. The largest absolute Gasteiger partial charge is 0.334 e. The highest BCUT2D eigenvalue weighted by atomic mass is 15.2. The molecule has 1 saturated carbocycles. The quantitative estimate of drug-likeness (QED) is 0.193. The average molecular weight is 566 g/mol. The van der Waals surface area contributed by atoms with Crippen molar-refractivity contribution in [3.05, 3.63) is 145 Å². The zero-order valence-corrected chi connectivity index (χ0v) is 25.3. The van der Waals surface area contributed by atoms with Crippen LogP contribution in [0, 0.1) is 5.92 Å². The molecule has 1 fully saturated rings. The molecule has 1 nitrogen and oxygen atoms in total. The molecule has 1 heterocycles. The molecule has 7 aromatic carbocycles. The second-order valence-electron chi connectivity index (χ2n) is 13.1. The first-order valence-corrected chi connectivity index (χ1v) is 16.1. The van der Waals surface area contributed by atoms with Gasteiger partial charge in [0.1, 0.15) is 0 Å². The van der Waals surface area contributed by atoms with E-state index < -0.39 is 0 Å². The summed E-state index contributed by atoms with van der Waals surface area (Å²) in [6, 6.07) is 52.0. The summed E-state index contributed by atoms with van der Waals surface area (Å²) in [5, 5.41) is 7.82. The van der Waals surface area contributed by atoms with Crippen LogP contribution in [0.15, 0.2) is 140 Å². The maximum absolute atomic E-state index is 2.66. The second kappa shape index (κ2) is 9.56. The predicted molar refractivity (Wildman–Crippen MR) is 188 cm³/mol. The summed E-state index contributed by atoms with van der Waals surface area (Å²) in [7, 11) is 0. The van der Waals surface area contributed by atoms with Crippen LogP contribution >= 0.6 is 0 Å².